The average Bonchev–Trinajstić information content (AvgIpc) is 2.77. The lowest BCUT2D eigenvalue weighted by Gasteiger charge is -2.38. The normalized spacial score (nSPS) is 22.3. The Labute approximate surface area is 173 Å². The summed E-state index contributed by atoms with van der Waals surface area (Å²) in [7, 11) is 0. The van der Waals surface area contributed by atoms with E-state index in [-0.39, 0.29) is 29.6 Å². The van der Waals surface area contributed by atoms with Crippen LogP contribution in [0.15, 0.2) is 30.3 Å². The first kappa shape index (κ1) is 21.3. The summed E-state index contributed by atoms with van der Waals surface area (Å²) in [6, 6.07) is 10.1. The van der Waals surface area contributed by atoms with Crippen molar-refractivity contribution in [2.75, 3.05) is 32.7 Å². The highest BCUT2D eigenvalue weighted by Crippen LogP contribution is 2.32. The number of benzene rings is 1. The Kier molecular flexibility index (Phi) is 7.29. The SMILES string of the molecule is CCN(Cc1ccccc1)C(=O)C1CCC(C(=O)N2CCN(C(C)=O)CC2)CC1. The monoisotopic (exact) mass is 399 g/mol. The summed E-state index contributed by atoms with van der Waals surface area (Å²) < 4.78 is 0. The number of nitrogens with zero attached hydrogens (tertiary/aromatic N) is 3. The van der Waals surface area contributed by atoms with E-state index in [0.29, 0.717) is 39.3 Å². The molecule has 1 saturated carbocycles. The van der Waals surface area contributed by atoms with Crippen molar-refractivity contribution < 1.29 is 14.4 Å². The third kappa shape index (κ3) is 5.37. The van der Waals surface area contributed by atoms with E-state index in [1.54, 1.807) is 11.8 Å². The molecule has 2 aliphatic rings. The fraction of sp³-hybridized carbons (Fsp3) is 0.609. The van der Waals surface area contributed by atoms with Crippen LogP contribution in [0.5, 0.6) is 0 Å². The smallest absolute Gasteiger partial charge is 0.225 e. The van der Waals surface area contributed by atoms with Gasteiger partial charge in [0, 0.05) is 58.0 Å². The van der Waals surface area contributed by atoms with Crippen LogP contribution in [-0.4, -0.2) is 65.1 Å². The van der Waals surface area contributed by atoms with Gasteiger partial charge in [0.1, 0.15) is 0 Å². The van der Waals surface area contributed by atoms with Crippen LogP contribution in [0.1, 0.15) is 45.1 Å². The zero-order chi connectivity index (χ0) is 20.8. The average molecular weight is 400 g/mol. The zero-order valence-electron chi connectivity index (χ0n) is 17.7. The van der Waals surface area contributed by atoms with Gasteiger partial charge in [-0.1, -0.05) is 30.3 Å². The second kappa shape index (κ2) is 9.90. The molecule has 0 unspecified atom stereocenters. The van der Waals surface area contributed by atoms with Crippen LogP contribution in [0.4, 0.5) is 0 Å². The van der Waals surface area contributed by atoms with E-state index in [1.807, 2.05) is 34.9 Å². The molecule has 1 aliphatic heterocycles. The maximum absolute atomic E-state index is 13.0. The van der Waals surface area contributed by atoms with Crippen molar-refractivity contribution in [1.29, 1.82) is 0 Å². The molecule has 2 fully saturated rings. The summed E-state index contributed by atoms with van der Waals surface area (Å²) in [4.78, 5) is 43.0. The number of carbonyl (C=O) groups is 3. The number of hydrogen-bond acceptors (Lipinski definition) is 3. The van der Waals surface area contributed by atoms with Crippen LogP contribution in [0.25, 0.3) is 0 Å². The van der Waals surface area contributed by atoms with Crippen molar-refractivity contribution in [2.24, 2.45) is 11.8 Å². The Hall–Kier alpha value is -2.37. The van der Waals surface area contributed by atoms with Crippen molar-refractivity contribution in [3.63, 3.8) is 0 Å². The highest BCUT2D eigenvalue weighted by molar-refractivity contribution is 5.81. The van der Waals surface area contributed by atoms with Crippen molar-refractivity contribution in [3.8, 4) is 0 Å². The van der Waals surface area contributed by atoms with Gasteiger partial charge < -0.3 is 14.7 Å². The molecule has 6 heteroatoms. The Morgan fingerprint density at radius 1 is 0.897 bits per heavy atom. The number of piperazine rings is 1. The van der Waals surface area contributed by atoms with E-state index in [9.17, 15) is 14.4 Å². The van der Waals surface area contributed by atoms with E-state index in [0.717, 1.165) is 31.2 Å². The molecule has 3 amide bonds. The minimum absolute atomic E-state index is 0.0205. The predicted octanol–water partition coefficient (Wildman–Crippen LogP) is 2.53. The third-order valence-electron chi connectivity index (χ3n) is 6.37. The van der Waals surface area contributed by atoms with Gasteiger partial charge in [-0.05, 0) is 38.2 Å². The number of amides is 3. The maximum Gasteiger partial charge on any atom is 0.225 e. The Morgan fingerprint density at radius 3 is 2.00 bits per heavy atom. The molecule has 0 radical (unpaired) electrons. The molecular weight excluding hydrogens is 366 g/mol. The molecule has 3 rings (SSSR count). The minimum atomic E-state index is 0.0205. The van der Waals surface area contributed by atoms with Crippen LogP contribution < -0.4 is 0 Å². The van der Waals surface area contributed by atoms with Gasteiger partial charge in [-0.3, -0.25) is 14.4 Å². The van der Waals surface area contributed by atoms with Crippen molar-refractivity contribution in [1.82, 2.24) is 14.7 Å². The van der Waals surface area contributed by atoms with Gasteiger partial charge in [0.15, 0.2) is 0 Å². The van der Waals surface area contributed by atoms with Crippen LogP contribution >= 0.6 is 0 Å². The van der Waals surface area contributed by atoms with Crippen LogP contribution in [0, 0.1) is 11.8 Å². The first-order valence-corrected chi connectivity index (χ1v) is 10.9. The van der Waals surface area contributed by atoms with E-state index in [2.05, 4.69) is 12.1 Å². The Balaban J connectivity index is 1.48. The summed E-state index contributed by atoms with van der Waals surface area (Å²) >= 11 is 0. The fourth-order valence-corrected chi connectivity index (χ4v) is 4.49. The van der Waals surface area contributed by atoms with Gasteiger partial charge in [0.2, 0.25) is 17.7 Å². The van der Waals surface area contributed by atoms with Crippen LogP contribution in [-0.2, 0) is 20.9 Å². The van der Waals surface area contributed by atoms with E-state index in [4.69, 9.17) is 0 Å². The predicted molar refractivity (Wildman–Crippen MR) is 112 cm³/mol. The fourth-order valence-electron chi connectivity index (χ4n) is 4.49. The lowest BCUT2D eigenvalue weighted by molar-refractivity contribution is -0.144. The van der Waals surface area contributed by atoms with Gasteiger partial charge in [0.05, 0.1) is 0 Å². The Bertz CT molecular complexity index is 705. The molecule has 0 atom stereocenters. The molecule has 0 N–H and O–H groups in total. The topological polar surface area (TPSA) is 60.9 Å². The first-order chi connectivity index (χ1) is 14.0. The molecular formula is C23H33N3O3. The number of rotatable bonds is 5. The van der Waals surface area contributed by atoms with Crippen molar-refractivity contribution in [3.05, 3.63) is 35.9 Å². The van der Waals surface area contributed by atoms with E-state index in [1.165, 1.54) is 0 Å². The first-order valence-electron chi connectivity index (χ1n) is 10.9. The summed E-state index contributed by atoms with van der Waals surface area (Å²) in [6.45, 7) is 7.45. The summed E-state index contributed by atoms with van der Waals surface area (Å²) in [5.41, 5.74) is 1.15. The summed E-state index contributed by atoms with van der Waals surface area (Å²) in [6.07, 6.45) is 3.14. The van der Waals surface area contributed by atoms with Gasteiger partial charge in [0.25, 0.3) is 0 Å². The summed E-state index contributed by atoms with van der Waals surface area (Å²) in [5.74, 6) is 0.546. The molecule has 1 aromatic rings. The largest absolute Gasteiger partial charge is 0.339 e. The standard InChI is InChI=1S/C23H33N3O3/c1-3-24(17-19-7-5-4-6-8-19)22(28)20-9-11-21(12-10-20)23(29)26-15-13-25(14-16-26)18(2)27/h4-8,20-21H,3,9-17H2,1-2H3. The van der Waals surface area contributed by atoms with Crippen molar-refractivity contribution >= 4 is 17.7 Å². The van der Waals surface area contributed by atoms with Crippen LogP contribution in [0.2, 0.25) is 0 Å². The molecule has 1 aromatic carbocycles. The molecule has 1 heterocycles. The van der Waals surface area contributed by atoms with Gasteiger partial charge in [-0.2, -0.15) is 0 Å². The molecule has 158 valence electrons. The van der Waals surface area contributed by atoms with E-state index < -0.39 is 0 Å². The lowest BCUT2D eigenvalue weighted by atomic mass is 9.80. The van der Waals surface area contributed by atoms with Gasteiger partial charge in [-0.15, -0.1) is 0 Å². The Morgan fingerprint density at radius 2 is 1.45 bits per heavy atom. The molecule has 29 heavy (non-hydrogen) atoms. The highest BCUT2D eigenvalue weighted by atomic mass is 16.2. The quantitative estimate of drug-likeness (QED) is 0.764. The minimum Gasteiger partial charge on any atom is -0.339 e. The third-order valence-corrected chi connectivity index (χ3v) is 6.37. The molecule has 0 aromatic heterocycles. The lowest BCUT2D eigenvalue weighted by Crippen LogP contribution is -2.52. The molecule has 0 spiro atoms. The zero-order valence-corrected chi connectivity index (χ0v) is 17.7. The van der Waals surface area contributed by atoms with E-state index >= 15 is 0 Å². The molecule has 6 nitrogen and oxygen atoms in total. The molecule has 1 aliphatic carbocycles. The highest BCUT2D eigenvalue weighted by Gasteiger charge is 2.34. The molecule has 1 saturated heterocycles. The second-order valence-electron chi connectivity index (χ2n) is 8.22. The second-order valence-corrected chi connectivity index (χ2v) is 8.22. The summed E-state index contributed by atoms with van der Waals surface area (Å²) in [5, 5.41) is 0. The molecule has 0 bridgehead atoms. The van der Waals surface area contributed by atoms with Crippen molar-refractivity contribution in [2.45, 2.75) is 46.1 Å². The number of carbonyl (C=O) groups excluding carboxylic acids is 3. The van der Waals surface area contributed by atoms with Crippen LogP contribution in [0.3, 0.4) is 0 Å². The maximum atomic E-state index is 13.0. The number of hydrogen-bond donors (Lipinski definition) is 0. The van der Waals surface area contributed by atoms with Gasteiger partial charge >= 0.3 is 0 Å². The van der Waals surface area contributed by atoms with Gasteiger partial charge in [-0.25, -0.2) is 0 Å².